The van der Waals surface area contributed by atoms with E-state index in [4.69, 9.17) is 5.73 Å². The van der Waals surface area contributed by atoms with Crippen LogP contribution in [0.3, 0.4) is 0 Å². The lowest BCUT2D eigenvalue weighted by Crippen LogP contribution is -2.49. The Kier molecular flexibility index (Phi) is 6.09. The number of hydrogen-bond acceptors (Lipinski definition) is 3. The van der Waals surface area contributed by atoms with Crippen molar-refractivity contribution in [1.82, 2.24) is 5.32 Å². The molecule has 0 spiro atoms. The van der Waals surface area contributed by atoms with Gasteiger partial charge in [0.25, 0.3) is 0 Å². The summed E-state index contributed by atoms with van der Waals surface area (Å²) < 4.78 is 13.7. The Morgan fingerprint density at radius 1 is 1.33 bits per heavy atom. The van der Waals surface area contributed by atoms with E-state index in [1.807, 2.05) is 13.0 Å². The number of anilines is 1. The molecule has 2 unspecified atom stereocenters. The number of nitrogens with one attached hydrogen (secondary N) is 1. The molecule has 3 N–H and O–H groups in total. The minimum Gasteiger partial charge on any atom is -0.368 e. The fraction of sp³-hybridized carbons (Fsp3) is 0.682. The van der Waals surface area contributed by atoms with Crippen LogP contribution in [-0.2, 0) is 10.2 Å². The van der Waals surface area contributed by atoms with Crippen LogP contribution in [0.5, 0.6) is 0 Å². The van der Waals surface area contributed by atoms with Crippen LogP contribution in [0.25, 0.3) is 0 Å². The zero-order chi connectivity index (χ0) is 19.6. The lowest BCUT2D eigenvalue weighted by atomic mass is 9.85. The molecule has 150 valence electrons. The number of rotatable bonds is 6. The number of benzene rings is 1. The van der Waals surface area contributed by atoms with Gasteiger partial charge in [-0.05, 0) is 43.0 Å². The van der Waals surface area contributed by atoms with E-state index >= 15 is 0 Å². The highest BCUT2D eigenvalue weighted by Gasteiger charge is 2.36. The summed E-state index contributed by atoms with van der Waals surface area (Å²) in [7, 11) is 0. The average molecular weight is 376 g/mol. The first-order valence-corrected chi connectivity index (χ1v) is 10.4. The zero-order valence-corrected chi connectivity index (χ0v) is 16.9. The van der Waals surface area contributed by atoms with Gasteiger partial charge in [-0.3, -0.25) is 4.79 Å². The second kappa shape index (κ2) is 8.17. The quantitative estimate of drug-likeness (QED) is 0.797. The van der Waals surface area contributed by atoms with Gasteiger partial charge in [-0.15, -0.1) is 0 Å². The topological polar surface area (TPSA) is 58.4 Å². The second-order valence-corrected chi connectivity index (χ2v) is 9.18. The molecule has 3 rings (SSSR count). The number of amides is 1. The van der Waals surface area contributed by atoms with Crippen molar-refractivity contribution in [3.05, 3.63) is 29.6 Å². The van der Waals surface area contributed by atoms with Crippen molar-refractivity contribution < 1.29 is 9.18 Å². The third kappa shape index (κ3) is 4.81. The predicted molar refractivity (Wildman–Crippen MR) is 108 cm³/mol. The Balaban J connectivity index is 1.55. The number of carbonyl (C=O) groups is 1. The zero-order valence-electron chi connectivity index (χ0n) is 16.9. The fourth-order valence-electron chi connectivity index (χ4n) is 4.75. The lowest BCUT2D eigenvalue weighted by molar-refractivity contribution is -0.123. The Morgan fingerprint density at radius 3 is 2.74 bits per heavy atom. The fourth-order valence-corrected chi connectivity index (χ4v) is 4.75. The highest BCUT2D eigenvalue weighted by Crippen LogP contribution is 2.40. The van der Waals surface area contributed by atoms with Gasteiger partial charge in [-0.2, -0.15) is 0 Å². The number of nitrogens with two attached hydrogens (primary N) is 1. The van der Waals surface area contributed by atoms with Crippen molar-refractivity contribution in [2.24, 2.45) is 11.7 Å². The summed E-state index contributed by atoms with van der Waals surface area (Å²) in [4.78, 5) is 14.8. The molecule has 0 saturated heterocycles. The average Bonchev–Trinajstić information content (AvgIpc) is 2.85. The summed E-state index contributed by atoms with van der Waals surface area (Å²) in [5, 5.41) is 3.09. The van der Waals surface area contributed by atoms with E-state index in [0.29, 0.717) is 12.5 Å². The van der Waals surface area contributed by atoms with Gasteiger partial charge in [0.1, 0.15) is 5.82 Å². The van der Waals surface area contributed by atoms with Gasteiger partial charge in [0.2, 0.25) is 5.91 Å². The molecule has 0 bridgehead atoms. The van der Waals surface area contributed by atoms with Gasteiger partial charge in [-0.1, -0.05) is 46.0 Å². The molecule has 4 nitrogen and oxygen atoms in total. The summed E-state index contributed by atoms with van der Waals surface area (Å²) >= 11 is 0. The maximum atomic E-state index is 13.7. The van der Waals surface area contributed by atoms with Crippen LogP contribution in [-0.4, -0.2) is 31.1 Å². The van der Waals surface area contributed by atoms with Crippen LogP contribution in [0.15, 0.2) is 18.2 Å². The highest BCUT2D eigenvalue weighted by atomic mass is 19.1. The molecule has 0 radical (unpaired) electrons. The number of carbonyl (C=O) groups excluding carboxylic acids is 1. The van der Waals surface area contributed by atoms with E-state index in [-0.39, 0.29) is 23.2 Å². The summed E-state index contributed by atoms with van der Waals surface area (Å²) in [6.07, 6.45) is 7.03. The van der Waals surface area contributed by atoms with Gasteiger partial charge in [0.05, 0.1) is 6.04 Å². The van der Waals surface area contributed by atoms with E-state index in [9.17, 15) is 9.18 Å². The molecule has 2 aliphatic rings. The molecule has 1 aromatic rings. The summed E-state index contributed by atoms with van der Waals surface area (Å²) in [6, 6.07) is 4.56. The van der Waals surface area contributed by atoms with Crippen molar-refractivity contribution in [2.45, 2.75) is 76.8 Å². The predicted octanol–water partition coefficient (Wildman–Crippen LogP) is 3.73. The number of halogens is 1. The molecule has 2 atom stereocenters. The molecule has 27 heavy (non-hydrogen) atoms. The SMILES string of the molecule is CC(CN1CC(C)(C)c2cc(F)ccc21)NC(=O)C(N)CC1CCCCC1. The van der Waals surface area contributed by atoms with Gasteiger partial charge >= 0.3 is 0 Å². The van der Waals surface area contributed by atoms with Crippen LogP contribution >= 0.6 is 0 Å². The van der Waals surface area contributed by atoms with Crippen molar-refractivity contribution >= 4 is 11.6 Å². The van der Waals surface area contributed by atoms with Crippen molar-refractivity contribution in [1.29, 1.82) is 0 Å². The van der Waals surface area contributed by atoms with Gasteiger partial charge in [0.15, 0.2) is 0 Å². The summed E-state index contributed by atoms with van der Waals surface area (Å²) in [5.41, 5.74) is 8.18. The van der Waals surface area contributed by atoms with Gasteiger partial charge in [-0.25, -0.2) is 4.39 Å². The van der Waals surface area contributed by atoms with E-state index in [0.717, 1.165) is 24.2 Å². The van der Waals surface area contributed by atoms with E-state index < -0.39 is 6.04 Å². The first kappa shape index (κ1) is 20.1. The first-order chi connectivity index (χ1) is 12.8. The van der Waals surface area contributed by atoms with Crippen LogP contribution < -0.4 is 16.0 Å². The smallest absolute Gasteiger partial charge is 0.237 e. The minimum atomic E-state index is -0.424. The molecule has 0 aromatic heterocycles. The van der Waals surface area contributed by atoms with Gasteiger partial charge < -0.3 is 16.0 Å². The van der Waals surface area contributed by atoms with Crippen LogP contribution in [0, 0.1) is 11.7 Å². The standard InChI is InChI=1S/C22H34FN3O/c1-15(25-21(27)19(24)11-16-7-5-4-6-8-16)13-26-14-22(2,3)18-12-17(23)9-10-20(18)26/h9-10,12,15-16,19H,4-8,11,13-14,24H2,1-3H3,(H,25,27). The molecule has 1 aromatic carbocycles. The Labute approximate surface area is 162 Å². The second-order valence-electron chi connectivity index (χ2n) is 9.18. The molecular weight excluding hydrogens is 341 g/mol. The maximum absolute atomic E-state index is 13.7. The van der Waals surface area contributed by atoms with Gasteiger partial charge in [0, 0.05) is 30.2 Å². The molecule has 1 amide bonds. The third-order valence-corrected chi connectivity index (χ3v) is 6.15. The number of fused-ring (bicyclic) bond motifs is 1. The third-order valence-electron chi connectivity index (χ3n) is 6.15. The molecule has 5 heteroatoms. The first-order valence-electron chi connectivity index (χ1n) is 10.4. The highest BCUT2D eigenvalue weighted by molar-refractivity contribution is 5.81. The minimum absolute atomic E-state index is 0.0123. The number of hydrogen-bond donors (Lipinski definition) is 2. The molecule has 1 aliphatic heterocycles. The van der Waals surface area contributed by atoms with E-state index in [1.165, 1.54) is 38.2 Å². The summed E-state index contributed by atoms with van der Waals surface area (Å²) in [6.45, 7) is 7.80. The molecule has 1 aliphatic carbocycles. The Morgan fingerprint density at radius 2 is 2.04 bits per heavy atom. The summed E-state index contributed by atoms with van der Waals surface area (Å²) in [5.74, 6) is 0.348. The van der Waals surface area contributed by atoms with E-state index in [2.05, 4.69) is 24.1 Å². The largest absolute Gasteiger partial charge is 0.368 e. The number of nitrogens with zero attached hydrogens (tertiary/aromatic N) is 1. The van der Waals surface area contributed by atoms with E-state index in [1.54, 1.807) is 6.07 Å². The molecular formula is C22H34FN3O. The van der Waals surface area contributed by atoms with Crippen LogP contribution in [0.4, 0.5) is 10.1 Å². The van der Waals surface area contributed by atoms with Crippen molar-refractivity contribution in [3.63, 3.8) is 0 Å². The molecule has 1 heterocycles. The Bertz CT molecular complexity index is 670. The maximum Gasteiger partial charge on any atom is 0.237 e. The Hall–Kier alpha value is -1.62. The van der Waals surface area contributed by atoms with Crippen LogP contribution in [0.1, 0.15) is 64.9 Å². The van der Waals surface area contributed by atoms with Crippen LogP contribution in [0.2, 0.25) is 0 Å². The van der Waals surface area contributed by atoms with Crippen molar-refractivity contribution in [2.75, 3.05) is 18.0 Å². The van der Waals surface area contributed by atoms with Crippen molar-refractivity contribution in [3.8, 4) is 0 Å². The monoisotopic (exact) mass is 375 g/mol. The molecule has 1 fully saturated rings. The lowest BCUT2D eigenvalue weighted by Gasteiger charge is -2.28. The molecule has 1 saturated carbocycles. The normalized spacial score (nSPS) is 21.6.